The molecule has 3 N–H and O–H groups in total. The van der Waals surface area contributed by atoms with Crippen LogP contribution < -0.4 is 16.0 Å². The quantitative estimate of drug-likeness (QED) is 0.198. The van der Waals surface area contributed by atoms with E-state index in [1.165, 1.54) is 12.7 Å². The molecule has 7 heteroatoms. The SMILES string of the molecule is COC(=O)COc1c2c(cc3c1c1c(C(=O)NN)cccc1n3Cc1ccccc1)CCCC2. The molecule has 0 unspecified atom stereocenters. The number of hydrazine groups is 1. The van der Waals surface area contributed by atoms with Crippen molar-refractivity contribution in [3.8, 4) is 5.75 Å². The van der Waals surface area contributed by atoms with Gasteiger partial charge in [0.25, 0.3) is 5.91 Å². The van der Waals surface area contributed by atoms with Gasteiger partial charge in [-0.15, -0.1) is 0 Å². The van der Waals surface area contributed by atoms with Gasteiger partial charge in [0, 0.05) is 11.9 Å². The van der Waals surface area contributed by atoms with E-state index < -0.39 is 5.97 Å². The Morgan fingerprint density at radius 2 is 1.79 bits per heavy atom. The van der Waals surface area contributed by atoms with Crippen molar-refractivity contribution in [2.45, 2.75) is 32.2 Å². The van der Waals surface area contributed by atoms with Crippen molar-refractivity contribution in [3.05, 3.63) is 76.9 Å². The zero-order valence-corrected chi connectivity index (χ0v) is 19.1. The van der Waals surface area contributed by atoms with Crippen molar-refractivity contribution in [3.63, 3.8) is 0 Å². The molecule has 1 aliphatic rings. The smallest absolute Gasteiger partial charge is 0.343 e. The van der Waals surface area contributed by atoms with Crippen LogP contribution in [-0.2, 0) is 28.9 Å². The number of hydrogen-bond acceptors (Lipinski definition) is 5. The lowest BCUT2D eigenvalue weighted by Gasteiger charge is -2.21. The molecule has 1 aromatic heterocycles. The van der Waals surface area contributed by atoms with Crippen LogP contribution in [-0.4, -0.2) is 30.2 Å². The molecule has 0 saturated carbocycles. The highest BCUT2D eigenvalue weighted by Gasteiger charge is 2.26. The molecular formula is C27H27N3O4. The average molecular weight is 458 g/mol. The van der Waals surface area contributed by atoms with Gasteiger partial charge in [-0.2, -0.15) is 0 Å². The van der Waals surface area contributed by atoms with Crippen LogP contribution in [0.15, 0.2) is 54.6 Å². The highest BCUT2D eigenvalue weighted by atomic mass is 16.6. The first kappa shape index (κ1) is 22.0. The van der Waals surface area contributed by atoms with Gasteiger partial charge < -0.3 is 14.0 Å². The Hall–Kier alpha value is -3.84. The number of rotatable bonds is 6. The van der Waals surface area contributed by atoms with Crippen LogP contribution in [0.2, 0.25) is 0 Å². The Morgan fingerprint density at radius 3 is 2.56 bits per heavy atom. The van der Waals surface area contributed by atoms with E-state index in [1.54, 1.807) is 6.07 Å². The average Bonchev–Trinajstić information content (AvgIpc) is 3.19. The molecular weight excluding hydrogens is 430 g/mol. The van der Waals surface area contributed by atoms with Gasteiger partial charge in [-0.25, -0.2) is 10.6 Å². The van der Waals surface area contributed by atoms with Crippen molar-refractivity contribution < 1.29 is 19.1 Å². The fourth-order valence-electron chi connectivity index (χ4n) is 5.02. The van der Waals surface area contributed by atoms with Crippen LogP contribution in [0.3, 0.4) is 0 Å². The molecule has 7 nitrogen and oxygen atoms in total. The lowest BCUT2D eigenvalue weighted by molar-refractivity contribution is -0.142. The summed E-state index contributed by atoms with van der Waals surface area (Å²) in [6.45, 7) is 0.433. The minimum Gasteiger partial charge on any atom is -0.481 e. The Kier molecular flexibility index (Phi) is 5.94. The molecule has 0 radical (unpaired) electrons. The lowest BCUT2D eigenvalue weighted by atomic mass is 9.89. The van der Waals surface area contributed by atoms with E-state index >= 15 is 0 Å². The molecule has 1 heterocycles. The number of nitrogen functional groups attached to an aromatic ring is 1. The van der Waals surface area contributed by atoms with Crippen LogP contribution in [0, 0.1) is 0 Å². The minimum absolute atomic E-state index is 0.196. The number of carbonyl (C=O) groups is 2. The number of amides is 1. The van der Waals surface area contributed by atoms with Crippen LogP contribution in [0.5, 0.6) is 5.75 Å². The number of benzene rings is 3. The van der Waals surface area contributed by atoms with Gasteiger partial charge in [0.1, 0.15) is 5.75 Å². The van der Waals surface area contributed by atoms with Crippen molar-refractivity contribution in [2.75, 3.05) is 13.7 Å². The number of methoxy groups -OCH3 is 1. The maximum atomic E-state index is 12.8. The van der Waals surface area contributed by atoms with Crippen molar-refractivity contribution in [1.82, 2.24) is 9.99 Å². The van der Waals surface area contributed by atoms with Crippen LogP contribution in [0.4, 0.5) is 0 Å². The second-order valence-corrected chi connectivity index (χ2v) is 8.55. The summed E-state index contributed by atoms with van der Waals surface area (Å²) in [6, 6.07) is 18.1. The van der Waals surface area contributed by atoms with E-state index in [4.69, 9.17) is 15.3 Å². The molecule has 4 aromatic rings. The number of nitrogens with zero attached hydrogens (tertiary/aromatic N) is 1. The molecule has 0 spiro atoms. The molecule has 1 amide bonds. The minimum atomic E-state index is -0.450. The maximum absolute atomic E-state index is 12.8. The first-order valence-electron chi connectivity index (χ1n) is 11.5. The predicted octanol–water partition coefficient (Wildman–Crippen LogP) is 3.88. The van der Waals surface area contributed by atoms with E-state index in [0.717, 1.165) is 58.6 Å². The number of fused-ring (bicyclic) bond motifs is 4. The number of ether oxygens (including phenoxy) is 2. The van der Waals surface area contributed by atoms with Gasteiger partial charge in [-0.05, 0) is 60.6 Å². The standard InChI is InChI=1S/C27H27N3O4/c1-33-23(31)16-34-26-19-11-6-5-10-18(19)14-22-25(26)24-20(27(32)29-28)12-7-13-21(24)30(22)15-17-8-3-2-4-9-17/h2-4,7-9,12-14H,5-6,10-11,15-16,28H2,1H3,(H,29,32). The summed E-state index contributed by atoms with van der Waals surface area (Å²) in [5, 5.41) is 1.60. The topological polar surface area (TPSA) is 95.6 Å². The summed E-state index contributed by atoms with van der Waals surface area (Å²) in [6.07, 6.45) is 3.96. The Morgan fingerprint density at radius 1 is 1.00 bits per heavy atom. The third-order valence-corrected chi connectivity index (χ3v) is 6.57. The highest BCUT2D eigenvalue weighted by Crippen LogP contribution is 2.43. The molecule has 0 bridgehead atoms. The van der Waals surface area contributed by atoms with Crippen LogP contribution >= 0.6 is 0 Å². The molecule has 0 atom stereocenters. The third-order valence-electron chi connectivity index (χ3n) is 6.57. The number of nitrogens with one attached hydrogen (secondary N) is 1. The summed E-state index contributed by atoms with van der Waals surface area (Å²) in [5.41, 5.74) is 8.09. The summed E-state index contributed by atoms with van der Waals surface area (Å²) in [7, 11) is 1.34. The van der Waals surface area contributed by atoms with Gasteiger partial charge in [0.2, 0.25) is 0 Å². The number of esters is 1. The Balaban J connectivity index is 1.86. The van der Waals surface area contributed by atoms with Gasteiger partial charge in [-0.3, -0.25) is 10.2 Å². The number of aryl methyl sites for hydroxylation is 1. The summed E-state index contributed by atoms with van der Waals surface area (Å²) >= 11 is 0. The van der Waals surface area contributed by atoms with E-state index in [0.29, 0.717) is 17.9 Å². The number of hydrogen-bond donors (Lipinski definition) is 2. The molecule has 34 heavy (non-hydrogen) atoms. The summed E-state index contributed by atoms with van der Waals surface area (Å²) in [5.74, 6) is 5.37. The highest BCUT2D eigenvalue weighted by molar-refractivity contribution is 6.20. The molecule has 3 aromatic carbocycles. The third kappa shape index (κ3) is 3.78. The van der Waals surface area contributed by atoms with E-state index in [9.17, 15) is 9.59 Å². The summed E-state index contributed by atoms with van der Waals surface area (Å²) in [4.78, 5) is 24.8. The molecule has 5 rings (SSSR count). The largest absolute Gasteiger partial charge is 0.481 e. The van der Waals surface area contributed by atoms with Crippen LogP contribution in [0.25, 0.3) is 21.8 Å². The van der Waals surface area contributed by atoms with E-state index in [2.05, 4.69) is 28.2 Å². The maximum Gasteiger partial charge on any atom is 0.343 e. The molecule has 0 saturated heterocycles. The Bertz CT molecular complexity index is 1390. The van der Waals surface area contributed by atoms with Gasteiger partial charge in [0.15, 0.2) is 6.61 Å². The first-order valence-corrected chi connectivity index (χ1v) is 11.5. The van der Waals surface area contributed by atoms with Crippen molar-refractivity contribution in [2.24, 2.45) is 5.84 Å². The fourth-order valence-corrected chi connectivity index (χ4v) is 5.02. The van der Waals surface area contributed by atoms with Crippen LogP contribution in [0.1, 0.15) is 39.9 Å². The van der Waals surface area contributed by atoms with Gasteiger partial charge >= 0.3 is 5.97 Å². The second-order valence-electron chi connectivity index (χ2n) is 8.55. The molecule has 0 fully saturated rings. The summed E-state index contributed by atoms with van der Waals surface area (Å²) < 4.78 is 13.2. The van der Waals surface area contributed by atoms with Gasteiger partial charge in [-0.1, -0.05) is 36.4 Å². The molecule has 174 valence electrons. The molecule has 1 aliphatic carbocycles. The van der Waals surface area contributed by atoms with Crippen molar-refractivity contribution in [1.29, 1.82) is 0 Å². The normalized spacial score (nSPS) is 13.0. The first-order chi connectivity index (χ1) is 16.6. The molecule has 0 aliphatic heterocycles. The van der Waals surface area contributed by atoms with Gasteiger partial charge in [0.05, 0.1) is 29.1 Å². The zero-order chi connectivity index (χ0) is 23.7. The van der Waals surface area contributed by atoms with E-state index in [1.807, 2.05) is 30.3 Å². The fraction of sp³-hybridized carbons (Fsp3) is 0.259. The predicted molar refractivity (Wildman–Crippen MR) is 131 cm³/mol. The lowest BCUT2D eigenvalue weighted by Crippen LogP contribution is -2.30. The van der Waals surface area contributed by atoms with E-state index in [-0.39, 0.29) is 12.5 Å². The number of carbonyl (C=O) groups excluding carboxylic acids is 2. The number of nitrogens with two attached hydrogens (primary N) is 1. The second kappa shape index (κ2) is 9.19. The monoisotopic (exact) mass is 457 g/mol. The number of aromatic nitrogens is 1. The van der Waals surface area contributed by atoms with Crippen molar-refractivity contribution >= 4 is 33.7 Å². The zero-order valence-electron chi connectivity index (χ0n) is 19.1. The Labute approximate surface area is 197 Å².